The Hall–Kier alpha value is -1.60. The Morgan fingerprint density at radius 2 is 1.76 bits per heavy atom. The van der Waals surface area contributed by atoms with Crippen molar-refractivity contribution in [1.82, 2.24) is 0 Å². The van der Waals surface area contributed by atoms with E-state index in [-0.39, 0.29) is 11.2 Å². The summed E-state index contributed by atoms with van der Waals surface area (Å²) in [6, 6.07) is 15.4. The van der Waals surface area contributed by atoms with Crippen LogP contribution in [-0.4, -0.2) is 5.78 Å². The van der Waals surface area contributed by atoms with E-state index < -0.39 is 0 Å². The first-order chi connectivity index (χ1) is 9.92. The molecule has 21 heavy (non-hydrogen) atoms. The number of halogens is 1. The van der Waals surface area contributed by atoms with Crippen molar-refractivity contribution in [2.75, 3.05) is 0 Å². The molecule has 0 aliphatic heterocycles. The van der Waals surface area contributed by atoms with Crippen LogP contribution in [0.25, 0.3) is 0 Å². The van der Waals surface area contributed by atoms with Crippen LogP contribution in [0.1, 0.15) is 48.7 Å². The smallest absolute Gasteiger partial charge is 0.167 e. The molecule has 0 bridgehead atoms. The Kier molecular flexibility index (Phi) is 4.84. The summed E-state index contributed by atoms with van der Waals surface area (Å²) in [7, 11) is 0. The van der Waals surface area contributed by atoms with Gasteiger partial charge in [-0.3, -0.25) is 4.79 Å². The number of Topliss-reactive ketones (excluding diaryl/α,β-unsaturated/α-hetero) is 1. The lowest BCUT2D eigenvalue weighted by atomic mass is 9.82. The molecule has 0 amide bonds. The molecule has 0 saturated heterocycles. The van der Waals surface area contributed by atoms with E-state index in [1.54, 1.807) is 0 Å². The van der Waals surface area contributed by atoms with E-state index in [1.807, 2.05) is 36.4 Å². The molecule has 2 aromatic rings. The van der Waals surface area contributed by atoms with Crippen molar-refractivity contribution in [3.05, 3.63) is 70.2 Å². The van der Waals surface area contributed by atoms with Gasteiger partial charge in [-0.2, -0.15) is 0 Å². The predicted molar refractivity (Wildman–Crippen MR) is 89.2 cm³/mol. The second kappa shape index (κ2) is 6.44. The third-order valence-electron chi connectivity index (χ3n) is 4.13. The summed E-state index contributed by atoms with van der Waals surface area (Å²) in [6.45, 7) is 6.61. The third-order valence-corrected chi connectivity index (χ3v) is 4.36. The molecule has 2 aromatic carbocycles. The first kappa shape index (κ1) is 15.8. The van der Waals surface area contributed by atoms with Crippen LogP contribution in [0.15, 0.2) is 48.5 Å². The topological polar surface area (TPSA) is 17.1 Å². The Balaban J connectivity index is 2.13. The van der Waals surface area contributed by atoms with Crippen molar-refractivity contribution in [2.45, 2.75) is 39.0 Å². The SMILES string of the molecule is CCC(C)(C)c1ccc(C(=O)Cc2cccc(Cl)c2)cc1. The largest absolute Gasteiger partial charge is 0.294 e. The van der Waals surface area contributed by atoms with Crippen LogP contribution >= 0.6 is 11.6 Å². The normalized spacial score (nSPS) is 11.4. The Morgan fingerprint density at radius 1 is 1.10 bits per heavy atom. The van der Waals surface area contributed by atoms with Crippen LogP contribution < -0.4 is 0 Å². The zero-order valence-corrected chi connectivity index (χ0v) is 13.6. The number of carbonyl (C=O) groups is 1. The number of hydrogen-bond acceptors (Lipinski definition) is 1. The molecule has 0 spiro atoms. The molecule has 110 valence electrons. The highest BCUT2D eigenvalue weighted by atomic mass is 35.5. The maximum absolute atomic E-state index is 12.3. The van der Waals surface area contributed by atoms with Gasteiger partial charge in [0.15, 0.2) is 5.78 Å². The molecule has 0 saturated carbocycles. The summed E-state index contributed by atoms with van der Waals surface area (Å²) in [6.07, 6.45) is 1.46. The molecule has 2 heteroatoms. The Bertz CT molecular complexity index is 626. The van der Waals surface area contributed by atoms with Crippen molar-refractivity contribution >= 4 is 17.4 Å². The summed E-state index contributed by atoms with van der Waals surface area (Å²) < 4.78 is 0. The van der Waals surface area contributed by atoms with E-state index in [2.05, 4.69) is 32.9 Å². The first-order valence-electron chi connectivity index (χ1n) is 7.30. The highest BCUT2D eigenvalue weighted by Crippen LogP contribution is 2.26. The van der Waals surface area contributed by atoms with Crippen molar-refractivity contribution in [2.24, 2.45) is 0 Å². The van der Waals surface area contributed by atoms with Gasteiger partial charge in [0, 0.05) is 17.0 Å². The van der Waals surface area contributed by atoms with E-state index in [9.17, 15) is 4.79 Å². The van der Waals surface area contributed by atoms with Gasteiger partial charge in [0.25, 0.3) is 0 Å². The second-order valence-corrected chi connectivity index (χ2v) is 6.48. The van der Waals surface area contributed by atoms with E-state index in [4.69, 9.17) is 11.6 Å². The third kappa shape index (κ3) is 3.95. The van der Waals surface area contributed by atoms with Gasteiger partial charge in [-0.25, -0.2) is 0 Å². The Labute approximate surface area is 132 Å². The summed E-state index contributed by atoms with van der Waals surface area (Å²) in [5, 5.41) is 0.667. The van der Waals surface area contributed by atoms with Crippen molar-refractivity contribution < 1.29 is 4.79 Å². The van der Waals surface area contributed by atoms with Gasteiger partial charge in [-0.15, -0.1) is 0 Å². The molecule has 1 nitrogen and oxygen atoms in total. The molecule has 2 rings (SSSR count). The average Bonchev–Trinajstić information content (AvgIpc) is 2.47. The minimum atomic E-state index is 0.123. The zero-order valence-electron chi connectivity index (χ0n) is 12.8. The fraction of sp³-hybridized carbons (Fsp3) is 0.316. The first-order valence-corrected chi connectivity index (χ1v) is 7.68. The highest BCUT2D eigenvalue weighted by Gasteiger charge is 2.18. The van der Waals surface area contributed by atoms with Crippen LogP contribution in [-0.2, 0) is 11.8 Å². The van der Waals surface area contributed by atoms with Crippen LogP contribution in [0.5, 0.6) is 0 Å². The summed E-state index contributed by atoms with van der Waals surface area (Å²) >= 11 is 5.95. The van der Waals surface area contributed by atoms with Crippen LogP contribution in [0.2, 0.25) is 5.02 Å². The molecule has 0 atom stereocenters. The van der Waals surface area contributed by atoms with Gasteiger partial charge in [-0.05, 0) is 35.1 Å². The Morgan fingerprint density at radius 3 is 2.33 bits per heavy atom. The fourth-order valence-electron chi connectivity index (χ4n) is 2.25. The molecule has 0 heterocycles. The van der Waals surface area contributed by atoms with Gasteiger partial charge < -0.3 is 0 Å². The van der Waals surface area contributed by atoms with E-state index in [1.165, 1.54) is 5.56 Å². The molecule has 0 radical (unpaired) electrons. The lowest BCUT2D eigenvalue weighted by Gasteiger charge is -2.23. The number of benzene rings is 2. The van der Waals surface area contributed by atoms with Gasteiger partial charge in [0.1, 0.15) is 0 Å². The van der Waals surface area contributed by atoms with Gasteiger partial charge in [0.05, 0.1) is 0 Å². The molecule has 0 N–H and O–H groups in total. The predicted octanol–water partition coefficient (Wildman–Crippen LogP) is 5.45. The van der Waals surface area contributed by atoms with Gasteiger partial charge >= 0.3 is 0 Å². The highest BCUT2D eigenvalue weighted by molar-refractivity contribution is 6.30. The van der Waals surface area contributed by atoms with Crippen molar-refractivity contribution in [1.29, 1.82) is 0 Å². The van der Waals surface area contributed by atoms with Crippen LogP contribution in [0, 0.1) is 0 Å². The minimum absolute atomic E-state index is 0.123. The molecule has 0 aliphatic rings. The maximum Gasteiger partial charge on any atom is 0.167 e. The molecular formula is C19H21ClO. The quantitative estimate of drug-likeness (QED) is 0.671. The van der Waals surface area contributed by atoms with E-state index in [0.717, 1.165) is 17.5 Å². The van der Waals surface area contributed by atoms with Crippen LogP contribution in [0.4, 0.5) is 0 Å². The van der Waals surface area contributed by atoms with Gasteiger partial charge in [0.2, 0.25) is 0 Å². The summed E-state index contributed by atoms with van der Waals surface area (Å²) in [4.78, 5) is 12.3. The van der Waals surface area contributed by atoms with E-state index in [0.29, 0.717) is 11.4 Å². The lowest BCUT2D eigenvalue weighted by molar-refractivity contribution is 0.0993. The number of carbonyl (C=O) groups excluding carboxylic acids is 1. The zero-order chi connectivity index (χ0) is 15.5. The fourth-order valence-corrected chi connectivity index (χ4v) is 2.46. The van der Waals surface area contributed by atoms with Crippen molar-refractivity contribution in [3.8, 4) is 0 Å². The van der Waals surface area contributed by atoms with Crippen molar-refractivity contribution in [3.63, 3.8) is 0 Å². The molecule has 0 aliphatic carbocycles. The summed E-state index contributed by atoms with van der Waals surface area (Å²) in [5.74, 6) is 0.123. The summed E-state index contributed by atoms with van der Waals surface area (Å²) in [5.41, 5.74) is 3.12. The maximum atomic E-state index is 12.3. The van der Waals surface area contributed by atoms with E-state index >= 15 is 0 Å². The molecule has 0 aromatic heterocycles. The number of ketones is 1. The molecule has 0 unspecified atom stereocenters. The minimum Gasteiger partial charge on any atom is -0.294 e. The number of rotatable bonds is 5. The molecular weight excluding hydrogens is 280 g/mol. The monoisotopic (exact) mass is 300 g/mol. The standard InChI is InChI=1S/C19H21ClO/c1-4-19(2,3)16-10-8-15(9-11-16)18(21)13-14-6-5-7-17(20)12-14/h5-12H,4,13H2,1-3H3. The lowest BCUT2D eigenvalue weighted by Crippen LogP contribution is -2.15. The number of hydrogen-bond donors (Lipinski definition) is 0. The van der Waals surface area contributed by atoms with Crippen LogP contribution in [0.3, 0.4) is 0 Å². The molecule has 0 fully saturated rings. The van der Waals surface area contributed by atoms with Gasteiger partial charge in [-0.1, -0.05) is 68.8 Å². The second-order valence-electron chi connectivity index (χ2n) is 6.04. The average molecular weight is 301 g/mol.